The SMILES string of the molecule is COC(=O)c1ccc(C(O)C(O)CNC(=O)OCC2c3ccccc3-c3ccccc32)c(O)c1. The van der Waals surface area contributed by atoms with Crippen molar-refractivity contribution in [2.75, 3.05) is 20.3 Å². The highest BCUT2D eigenvalue weighted by molar-refractivity contribution is 5.89. The number of esters is 1. The first-order valence-corrected chi connectivity index (χ1v) is 10.8. The number of aliphatic hydroxyl groups is 2. The molecular weight excluding hydrogens is 438 g/mol. The Morgan fingerprint density at radius 3 is 2.18 bits per heavy atom. The average Bonchev–Trinajstić information content (AvgIpc) is 3.18. The number of rotatable bonds is 7. The summed E-state index contributed by atoms with van der Waals surface area (Å²) in [5.41, 5.74) is 4.50. The second kappa shape index (κ2) is 9.94. The molecule has 2 atom stereocenters. The summed E-state index contributed by atoms with van der Waals surface area (Å²) < 4.78 is 9.99. The monoisotopic (exact) mass is 463 g/mol. The molecule has 0 bridgehead atoms. The Bertz CT molecular complexity index is 1160. The number of alkyl carbamates (subject to hydrolysis) is 1. The molecule has 4 N–H and O–H groups in total. The second-order valence-corrected chi connectivity index (χ2v) is 7.98. The van der Waals surface area contributed by atoms with Crippen LogP contribution in [0.2, 0.25) is 0 Å². The minimum atomic E-state index is -1.50. The number of phenolic OH excluding ortho intramolecular Hbond substituents is 1. The molecule has 3 aromatic carbocycles. The van der Waals surface area contributed by atoms with Crippen LogP contribution >= 0.6 is 0 Å². The van der Waals surface area contributed by atoms with Gasteiger partial charge in [0.15, 0.2) is 0 Å². The topological polar surface area (TPSA) is 125 Å². The molecule has 1 aliphatic rings. The lowest BCUT2D eigenvalue weighted by Crippen LogP contribution is -2.36. The van der Waals surface area contributed by atoms with E-state index in [-0.39, 0.29) is 35.9 Å². The first kappa shape index (κ1) is 23.3. The van der Waals surface area contributed by atoms with Gasteiger partial charge in [-0.05, 0) is 34.4 Å². The summed E-state index contributed by atoms with van der Waals surface area (Å²) in [7, 11) is 1.21. The number of amides is 1. The van der Waals surface area contributed by atoms with Crippen molar-refractivity contribution < 1.29 is 34.4 Å². The van der Waals surface area contributed by atoms with E-state index in [1.807, 2.05) is 48.5 Å². The number of benzene rings is 3. The lowest BCUT2D eigenvalue weighted by molar-refractivity contribution is 0.0172. The van der Waals surface area contributed by atoms with Gasteiger partial charge in [-0.1, -0.05) is 54.6 Å². The van der Waals surface area contributed by atoms with Gasteiger partial charge in [0.1, 0.15) is 24.6 Å². The largest absolute Gasteiger partial charge is 0.508 e. The molecule has 8 nitrogen and oxygen atoms in total. The molecule has 0 fully saturated rings. The maximum atomic E-state index is 12.3. The van der Waals surface area contributed by atoms with Crippen LogP contribution in [0.5, 0.6) is 5.75 Å². The summed E-state index contributed by atoms with van der Waals surface area (Å²) >= 11 is 0. The zero-order chi connectivity index (χ0) is 24.2. The normalized spacial score (nSPS) is 14.0. The Balaban J connectivity index is 1.34. The van der Waals surface area contributed by atoms with Gasteiger partial charge < -0.3 is 30.1 Å². The van der Waals surface area contributed by atoms with Gasteiger partial charge in [-0.15, -0.1) is 0 Å². The smallest absolute Gasteiger partial charge is 0.407 e. The van der Waals surface area contributed by atoms with Gasteiger partial charge in [-0.2, -0.15) is 0 Å². The fourth-order valence-electron chi connectivity index (χ4n) is 4.19. The third-order valence-corrected chi connectivity index (χ3v) is 5.93. The number of nitrogens with one attached hydrogen (secondary N) is 1. The number of hydrogen-bond donors (Lipinski definition) is 4. The Labute approximate surface area is 196 Å². The molecule has 176 valence electrons. The molecule has 34 heavy (non-hydrogen) atoms. The summed E-state index contributed by atoms with van der Waals surface area (Å²) in [5, 5.41) is 33.2. The zero-order valence-electron chi connectivity index (χ0n) is 18.5. The summed E-state index contributed by atoms with van der Waals surface area (Å²) in [6.07, 6.45) is -3.66. The van der Waals surface area contributed by atoms with E-state index in [1.165, 1.54) is 19.2 Å². The lowest BCUT2D eigenvalue weighted by atomic mass is 9.98. The van der Waals surface area contributed by atoms with Crippen molar-refractivity contribution in [3.8, 4) is 16.9 Å². The number of fused-ring (bicyclic) bond motifs is 3. The van der Waals surface area contributed by atoms with E-state index in [2.05, 4.69) is 10.1 Å². The third-order valence-electron chi connectivity index (χ3n) is 5.93. The van der Waals surface area contributed by atoms with Crippen LogP contribution in [-0.2, 0) is 9.47 Å². The quantitative estimate of drug-likeness (QED) is 0.397. The first-order valence-electron chi connectivity index (χ1n) is 10.8. The summed E-state index contributed by atoms with van der Waals surface area (Å²) in [4.78, 5) is 23.8. The van der Waals surface area contributed by atoms with Gasteiger partial charge in [-0.25, -0.2) is 9.59 Å². The number of ether oxygens (including phenoxy) is 2. The van der Waals surface area contributed by atoms with Gasteiger partial charge in [-0.3, -0.25) is 0 Å². The summed E-state index contributed by atoms with van der Waals surface area (Å²) in [5.74, 6) is -1.12. The van der Waals surface area contributed by atoms with Crippen LogP contribution in [-0.4, -0.2) is 53.7 Å². The zero-order valence-corrected chi connectivity index (χ0v) is 18.5. The van der Waals surface area contributed by atoms with Crippen molar-refractivity contribution >= 4 is 12.1 Å². The van der Waals surface area contributed by atoms with E-state index < -0.39 is 24.3 Å². The van der Waals surface area contributed by atoms with E-state index in [4.69, 9.17) is 4.74 Å². The standard InChI is InChI=1S/C26H25NO7/c1-33-25(31)15-10-11-20(22(28)12-15)24(30)23(29)13-27-26(32)34-14-21-18-8-4-2-6-16(18)17-7-3-5-9-19(17)21/h2-12,21,23-24,28-30H,13-14H2,1H3,(H,27,32). The number of hydrogen-bond acceptors (Lipinski definition) is 7. The molecule has 0 heterocycles. The van der Waals surface area contributed by atoms with Crippen LogP contribution in [0.25, 0.3) is 11.1 Å². The van der Waals surface area contributed by atoms with Gasteiger partial charge >= 0.3 is 12.1 Å². The Morgan fingerprint density at radius 2 is 1.59 bits per heavy atom. The fraction of sp³-hybridized carbons (Fsp3) is 0.231. The maximum Gasteiger partial charge on any atom is 0.407 e. The van der Waals surface area contributed by atoms with Gasteiger partial charge in [0.2, 0.25) is 0 Å². The van der Waals surface area contributed by atoms with E-state index in [0.717, 1.165) is 28.3 Å². The number of aliphatic hydroxyl groups excluding tert-OH is 2. The average molecular weight is 463 g/mol. The molecule has 1 amide bonds. The Kier molecular flexibility index (Phi) is 6.81. The van der Waals surface area contributed by atoms with E-state index >= 15 is 0 Å². The van der Waals surface area contributed by atoms with Crippen LogP contribution in [0.1, 0.15) is 39.1 Å². The minimum Gasteiger partial charge on any atom is -0.508 e. The van der Waals surface area contributed by atoms with Crippen LogP contribution in [0.15, 0.2) is 66.7 Å². The maximum absolute atomic E-state index is 12.3. The van der Waals surface area contributed by atoms with Crippen molar-refractivity contribution in [2.24, 2.45) is 0 Å². The molecule has 2 unspecified atom stereocenters. The molecule has 0 radical (unpaired) electrons. The van der Waals surface area contributed by atoms with Crippen molar-refractivity contribution in [2.45, 2.75) is 18.1 Å². The fourth-order valence-corrected chi connectivity index (χ4v) is 4.19. The van der Waals surface area contributed by atoms with Crippen molar-refractivity contribution in [1.29, 1.82) is 0 Å². The molecule has 4 rings (SSSR count). The van der Waals surface area contributed by atoms with Crippen molar-refractivity contribution in [3.63, 3.8) is 0 Å². The van der Waals surface area contributed by atoms with Crippen LogP contribution in [0, 0.1) is 0 Å². The highest BCUT2D eigenvalue weighted by Crippen LogP contribution is 2.44. The third kappa shape index (κ3) is 4.59. The highest BCUT2D eigenvalue weighted by atomic mass is 16.5. The molecule has 0 saturated heterocycles. The van der Waals surface area contributed by atoms with Crippen LogP contribution in [0.4, 0.5) is 4.79 Å². The van der Waals surface area contributed by atoms with E-state index in [0.29, 0.717) is 0 Å². The predicted molar refractivity (Wildman–Crippen MR) is 123 cm³/mol. The summed E-state index contributed by atoms with van der Waals surface area (Å²) in [6, 6.07) is 19.7. The molecule has 8 heteroatoms. The molecule has 0 saturated carbocycles. The van der Waals surface area contributed by atoms with Gasteiger partial charge in [0.05, 0.1) is 12.7 Å². The highest BCUT2D eigenvalue weighted by Gasteiger charge is 2.29. The Hall–Kier alpha value is -3.88. The number of aromatic hydroxyl groups is 1. The molecular formula is C26H25NO7. The molecule has 3 aromatic rings. The predicted octanol–water partition coefficient (Wildman–Crippen LogP) is 3.11. The molecule has 1 aliphatic carbocycles. The number of methoxy groups -OCH3 is 1. The first-order chi connectivity index (χ1) is 16.4. The van der Waals surface area contributed by atoms with Crippen molar-refractivity contribution in [3.05, 3.63) is 89.0 Å². The van der Waals surface area contributed by atoms with Gasteiger partial charge in [0.25, 0.3) is 0 Å². The second-order valence-electron chi connectivity index (χ2n) is 7.98. The number of carbonyl (C=O) groups excluding carboxylic acids is 2. The molecule has 0 aliphatic heterocycles. The molecule has 0 aromatic heterocycles. The van der Waals surface area contributed by atoms with Crippen LogP contribution in [0.3, 0.4) is 0 Å². The Morgan fingerprint density at radius 1 is 0.971 bits per heavy atom. The van der Waals surface area contributed by atoms with Gasteiger partial charge in [0, 0.05) is 18.0 Å². The minimum absolute atomic E-state index is 0.00879. The number of carbonyl (C=O) groups is 2. The number of phenols is 1. The lowest BCUT2D eigenvalue weighted by Gasteiger charge is -2.20. The summed E-state index contributed by atoms with van der Waals surface area (Å²) in [6.45, 7) is -0.190. The van der Waals surface area contributed by atoms with Crippen LogP contribution < -0.4 is 5.32 Å². The van der Waals surface area contributed by atoms with E-state index in [9.17, 15) is 24.9 Å². The van der Waals surface area contributed by atoms with E-state index in [1.54, 1.807) is 0 Å². The van der Waals surface area contributed by atoms with Crippen molar-refractivity contribution in [1.82, 2.24) is 5.32 Å². The molecule has 0 spiro atoms.